The Morgan fingerprint density at radius 3 is 2.79 bits per heavy atom. The molecule has 0 fully saturated rings. The first kappa shape index (κ1) is 16.1. The van der Waals surface area contributed by atoms with E-state index >= 15 is 0 Å². The first-order chi connectivity index (χ1) is 11.5. The number of nitrogens with one attached hydrogen (secondary N) is 1. The molecule has 24 heavy (non-hydrogen) atoms. The number of aryl methyl sites for hydroxylation is 1. The van der Waals surface area contributed by atoms with Gasteiger partial charge in [-0.3, -0.25) is 9.59 Å². The minimum Gasteiger partial charge on any atom is -0.476 e. The van der Waals surface area contributed by atoms with Crippen molar-refractivity contribution < 1.29 is 19.5 Å². The Labute approximate surface area is 141 Å². The fourth-order valence-corrected chi connectivity index (χ4v) is 3.44. The topological polar surface area (TPSA) is 99.6 Å². The zero-order chi connectivity index (χ0) is 17.3. The van der Waals surface area contributed by atoms with E-state index in [2.05, 4.69) is 10.3 Å². The van der Waals surface area contributed by atoms with Crippen molar-refractivity contribution in [2.45, 2.75) is 20.0 Å². The summed E-state index contributed by atoms with van der Waals surface area (Å²) in [5.41, 5.74) is 1.55. The lowest BCUT2D eigenvalue weighted by molar-refractivity contribution is -0.122. The van der Waals surface area contributed by atoms with E-state index in [0.29, 0.717) is 22.0 Å². The van der Waals surface area contributed by atoms with Crippen LogP contribution >= 0.6 is 11.3 Å². The number of carbonyl (C=O) groups excluding carboxylic acids is 2. The van der Waals surface area contributed by atoms with Gasteiger partial charge in [0.1, 0.15) is 11.6 Å². The number of thiazole rings is 1. The van der Waals surface area contributed by atoms with Gasteiger partial charge < -0.3 is 15.3 Å². The molecule has 2 aromatic rings. The monoisotopic (exact) mass is 345 g/mol. The number of amides is 2. The average molecular weight is 345 g/mol. The van der Waals surface area contributed by atoms with E-state index in [1.54, 1.807) is 19.1 Å². The van der Waals surface area contributed by atoms with Crippen LogP contribution in [0.25, 0.3) is 0 Å². The van der Waals surface area contributed by atoms with Crippen molar-refractivity contribution >= 4 is 29.1 Å². The van der Waals surface area contributed by atoms with Crippen LogP contribution in [0.3, 0.4) is 0 Å². The van der Waals surface area contributed by atoms with Crippen LogP contribution < -0.4 is 5.32 Å². The number of nitrogens with zero attached hydrogens (tertiary/aromatic N) is 2. The Kier molecular flexibility index (Phi) is 4.30. The van der Waals surface area contributed by atoms with E-state index in [1.807, 2.05) is 12.1 Å². The first-order valence-electron chi connectivity index (χ1n) is 7.29. The van der Waals surface area contributed by atoms with Gasteiger partial charge >= 0.3 is 5.97 Å². The standard InChI is InChI=1S/C16H15N3O4S/c1-9-14(16(22)23)18-13(24-9)6-17-12(20)8-19-7-10-4-2-3-5-11(10)15(19)21/h2-5H,6-8H2,1H3,(H,17,20)(H,22,23). The molecule has 0 radical (unpaired) electrons. The van der Waals surface area contributed by atoms with E-state index in [0.717, 1.165) is 5.56 Å². The Hall–Kier alpha value is -2.74. The number of aromatic carboxylic acids is 1. The van der Waals surface area contributed by atoms with Crippen LogP contribution in [-0.4, -0.2) is 39.3 Å². The Morgan fingerprint density at radius 2 is 2.12 bits per heavy atom. The van der Waals surface area contributed by atoms with Crippen LogP contribution in [0.2, 0.25) is 0 Å². The molecule has 1 aromatic heterocycles. The lowest BCUT2D eigenvalue weighted by Crippen LogP contribution is -2.37. The van der Waals surface area contributed by atoms with Gasteiger partial charge in [-0.15, -0.1) is 11.3 Å². The van der Waals surface area contributed by atoms with E-state index in [4.69, 9.17) is 5.11 Å². The van der Waals surface area contributed by atoms with Gasteiger partial charge in [0.05, 0.1) is 6.54 Å². The Bertz CT molecular complexity index is 830. The number of benzene rings is 1. The number of rotatable bonds is 5. The van der Waals surface area contributed by atoms with Crippen LogP contribution in [0, 0.1) is 6.92 Å². The quantitative estimate of drug-likeness (QED) is 0.854. The molecule has 0 unspecified atom stereocenters. The van der Waals surface area contributed by atoms with E-state index in [9.17, 15) is 14.4 Å². The van der Waals surface area contributed by atoms with Crippen molar-refractivity contribution in [3.05, 3.63) is 51.0 Å². The van der Waals surface area contributed by atoms with Crippen molar-refractivity contribution in [1.82, 2.24) is 15.2 Å². The summed E-state index contributed by atoms with van der Waals surface area (Å²) >= 11 is 1.23. The molecular weight excluding hydrogens is 330 g/mol. The smallest absolute Gasteiger partial charge is 0.355 e. The van der Waals surface area contributed by atoms with Gasteiger partial charge in [-0.05, 0) is 18.6 Å². The maximum Gasteiger partial charge on any atom is 0.355 e. The summed E-state index contributed by atoms with van der Waals surface area (Å²) < 4.78 is 0. The van der Waals surface area contributed by atoms with Gasteiger partial charge in [0.25, 0.3) is 5.91 Å². The van der Waals surface area contributed by atoms with Crippen molar-refractivity contribution in [3.63, 3.8) is 0 Å². The number of carboxylic acid groups (broad SMARTS) is 1. The van der Waals surface area contributed by atoms with Gasteiger partial charge in [-0.1, -0.05) is 18.2 Å². The van der Waals surface area contributed by atoms with Crippen molar-refractivity contribution in [3.8, 4) is 0 Å². The molecule has 2 amide bonds. The molecule has 0 saturated heterocycles. The lowest BCUT2D eigenvalue weighted by Gasteiger charge is -2.14. The molecule has 8 heteroatoms. The van der Waals surface area contributed by atoms with Gasteiger partial charge in [-0.25, -0.2) is 9.78 Å². The maximum absolute atomic E-state index is 12.2. The third kappa shape index (κ3) is 3.13. The molecule has 0 spiro atoms. The van der Waals surface area contributed by atoms with Crippen LogP contribution in [0.4, 0.5) is 0 Å². The minimum absolute atomic E-state index is 0.00872. The molecule has 0 saturated carbocycles. The maximum atomic E-state index is 12.2. The predicted molar refractivity (Wildman–Crippen MR) is 86.8 cm³/mol. The number of carboxylic acids is 1. The number of hydrogen-bond acceptors (Lipinski definition) is 5. The second kappa shape index (κ2) is 6.40. The van der Waals surface area contributed by atoms with Gasteiger partial charge in [0.2, 0.25) is 5.91 Å². The number of carbonyl (C=O) groups is 3. The zero-order valence-electron chi connectivity index (χ0n) is 12.9. The molecular formula is C16H15N3O4S. The third-order valence-corrected chi connectivity index (χ3v) is 4.68. The second-order valence-electron chi connectivity index (χ2n) is 5.41. The second-order valence-corrected chi connectivity index (χ2v) is 6.70. The van der Waals surface area contributed by atoms with Gasteiger partial charge in [0.15, 0.2) is 5.69 Å². The van der Waals surface area contributed by atoms with Crippen molar-refractivity contribution in [2.24, 2.45) is 0 Å². The average Bonchev–Trinajstić information content (AvgIpc) is 3.07. The van der Waals surface area contributed by atoms with E-state index in [1.165, 1.54) is 16.2 Å². The van der Waals surface area contributed by atoms with Crippen LogP contribution in [-0.2, 0) is 17.9 Å². The first-order valence-corrected chi connectivity index (χ1v) is 8.11. The molecule has 0 atom stereocenters. The highest BCUT2D eigenvalue weighted by Gasteiger charge is 2.28. The fraction of sp³-hybridized carbons (Fsp3) is 0.250. The molecule has 1 aromatic carbocycles. The Balaban J connectivity index is 1.56. The number of hydrogen-bond donors (Lipinski definition) is 2. The summed E-state index contributed by atoms with van der Waals surface area (Å²) in [5.74, 6) is -1.54. The summed E-state index contributed by atoms with van der Waals surface area (Å²) in [5, 5.41) is 12.2. The number of aromatic nitrogens is 1. The predicted octanol–water partition coefficient (Wildman–Crippen LogP) is 1.42. The third-order valence-electron chi connectivity index (χ3n) is 3.71. The molecule has 7 nitrogen and oxygen atoms in total. The van der Waals surface area contributed by atoms with Gasteiger partial charge in [-0.2, -0.15) is 0 Å². The summed E-state index contributed by atoms with van der Waals surface area (Å²) in [6.45, 7) is 2.20. The highest BCUT2D eigenvalue weighted by molar-refractivity contribution is 7.11. The molecule has 3 rings (SSSR count). The molecule has 1 aliphatic rings. The van der Waals surface area contributed by atoms with E-state index in [-0.39, 0.29) is 30.6 Å². The highest BCUT2D eigenvalue weighted by atomic mass is 32.1. The lowest BCUT2D eigenvalue weighted by atomic mass is 10.1. The summed E-state index contributed by atoms with van der Waals surface area (Å²) in [7, 11) is 0. The molecule has 124 valence electrons. The number of fused-ring (bicyclic) bond motifs is 1. The fourth-order valence-electron chi connectivity index (χ4n) is 2.57. The van der Waals surface area contributed by atoms with Crippen LogP contribution in [0.1, 0.15) is 36.3 Å². The van der Waals surface area contributed by atoms with Crippen molar-refractivity contribution in [2.75, 3.05) is 6.54 Å². The van der Waals surface area contributed by atoms with Crippen LogP contribution in [0.15, 0.2) is 24.3 Å². The molecule has 1 aliphatic heterocycles. The largest absolute Gasteiger partial charge is 0.476 e. The van der Waals surface area contributed by atoms with Crippen LogP contribution in [0.5, 0.6) is 0 Å². The summed E-state index contributed by atoms with van der Waals surface area (Å²) in [4.78, 5) is 41.3. The molecule has 2 heterocycles. The van der Waals surface area contributed by atoms with E-state index < -0.39 is 5.97 Å². The minimum atomic E-state index is -1.08. The molecule has 0 aliphatic carbocycles. The molecule has 2 N–H and O–H groups in total. The highest BCUT2D eigenvalue weighted by Crippen LogP contribution is 2.22. The Morgan fingerprint density at radius 1 is 1.38 bits per heavy atom. The SMILES string of the molecule is Cc1sc(CNC(=O)CN2Cc3ccccc3C2=O)nc1C(=O)O. The summed E-state index contributed by atoms with van der Waals surface area (Å²) in [6, 6.07) is 7.28. The zero-order valence-corrected chi connectivity index (χ0v) is 13.7. The van der Waals surface area contributed by atoms with Crippen molar-refractivity contribution in [1.29, 1.82) is 0 Å². The summed E-state index contributed by atoms with van der Waals surface area (Å²) in [6.07, 6.45) is 0. The van der Waals surface area contributed by atoms with Gasteiger partial charge in [0, 0.05) is 17.0 Å². The molecule has 0 bridgehead atoms. The normalized spacial score (nSPS) is 13.0.